The summed E-state index contributed by atoms with van der Waals surface area (Å²) in [6.45, 7) is 2.03. The van der Waals surface area contributed by atoms with Gasteiger partial charge in [0.25, 0.3) is 0 Å². The fourth-order valence-electron chi connectivity index (χ4n) is 2.85. The van der Waals surface area contributed by atoms with E-state index in [1.807, 2.05) is 13.0 Å². The van der Waals surface area contributed by atoms with Gasteiger partial charge in [-0.05, 0) is 47.9 Å². The van der Waals surface area contributed by atoms with Crippen LogP contribution in [0.3, 0.4) is 0 Å². The van der Waals surface area contributed by atoms with Crippen LogP contribution in [0.15, 0.2) is 40.8 Å². The Kier molecular flexibility index (Phi) is 2.48. The zero-order valence-electron chi connectivity index (χ0n) is 11.4. The molecule has 0 fully saturated rings. The quantitative estimate of drug-likeness (QED) is 0.667. The number of carbonyl (C=O) groups is 1. The minimum Gasteiger partial charge on any atom is -0.436 e. The molecule has 1 atom stereocenters. The molecule has 4 heteroatoms. The number of fused-ring (bicyclic) bond motifs is 2. The fourth-order valence-corrected chi connectivity index (χ4v) is 2.85. The largest absolute Gasteiger partial charge is 0.436 e. The second-order valence-electron chi connectivity index (χ2n) is 5.46. The van der Waals surface area contributed by atoms with E-state index in [4.69, 9.17) is 4.42 Å². The number of oxazole rings is 1. The molecule has 3 nitrogen and oxygen atoms in total. The van der Waals surface area contributed by atoms with Crippen LogP contribution in [0.4, 0.5) is 4.39 Å². The van der Waals surface area contributed by atoms with Crippen LogP contribution in [0.2, 0.25) is 0 Å². The summed E-state index contributed by atoms with van der Waals surface area (Å²) in [5.41, 5.74) is 3.81. The molecule has 0 aliphatic heterocycles. The standard InChI is InChI=1S/C17H12FNO2/c1-9-6-15(20)13-7-14-16(8-12(9)13)21-17(19-14)10-2-4-11(18)5-3-10/h2-5,7-9H,6H2,1H3. The Morgan fingerprint density at radius 2 is 2.00 bits per heavy atom. The second-order valence-corrected chi connectivity index (χ2v) is 5.46. The van der Waals surface area contributed by atoms with Gasteiger partial charge in [0.15, 0.2) is 11.4 Å². The highest BCUT2D eigenvalue weighted by Crippen LogP contribution is 2.36. The SMILES string of the molecule is CC1CC(=O)c2cc3nc(-c4ccc(F)cc4)oc3cc21. The zero-order chi connectivity index (χ0) is 14.6. The van der Waals surface area contributed by atoms with Gasteiger partial charge in [-0.3, -0.25) is 4.79 Å². The number of hydrogen-bond donors (Lipinski definition) is 0. The highest BCUT2D eigenvalue weighted by atomic mass is 19.1. The fraction of sp³-hybridized carbons (Fsp3) is 0.176. The van der Waals surface area contributed by atoms with Gasteiger partial charge in [0.1, 0.15) is 11.3 Å². The Labute approximate surface area is 120 Å². The minimum absolute atomic E-state index is 0.158. The Bertz CT molecular complexity index is 864. The van der Waals surface area contributed by atoms with E-state index in [9.17, 15) is 9.18 Å². The summed E-state index contributed by atoms with van der Waals surface area (Å²) in [5.74, 6) is 0.518. The summed E-state index contributed by atoms with van der Waals surface area (Å²) in [6.07, 6.45) is 0.548. The van der Waals surface area contributed by atoms with Crippen molar-refractivity contribution < 1.29 is 13.6 Å². The van der Waals surface area contributed by atoms with Gasteiger partial charge >= 0.3 is 0 Å². The topological polar surface area (TPSA) is 43.1 Å². The number of nitrogens with zero attached hydrogens (tertiary/aromatic N) is 1. The maximum atomic E-state index is 13.0. The van der Waals surface area contributed by atoms with E-state index in [2.05, 4.69) is 4.98 Å². The predicted molar refractivity (Wildman–Crippen MR) is 76.8 cm³/mol. The van der Waals surface area contributed by atoms with Crippen molar-refractivity contribution in [1.82, 2.24) is 4.98 Å². The zero-order valence-corrected chi connectivity index (χ0v) is 11.4. The van der Waals surface area contributed by atoms with Gasteiger partial charge in [-0.1, -0.05) is 6.92 Å². The number of carbonyl (C=O) groups excluding carboxylic acids is 1. The average Bonchev–Trinajstić information content (AvgIpc) is 3.00. The van der Waals surface area contributed by atoms with Crippen molar-refractivity contribution in [3.63, 3.8) is 0 Å². The van der Waals surface area contributed by atoms with Crippen molar-refractivity contribution in [2.75, 3.05) is 0 Å². The molecule has 0 saturated heterocycles. The maximum Gasteiger partial charge on any atom is 0.227 e. The maximum absolute atomic E-state index is 13.0. The lowest BCUT2D eigenvalue weighted by Crippen LogP contribution is -1.90. The van der Waals surface area contributed by atoms with Crippen molar-refractivity contribution in [3.05, 3.63) is 53.3 Å². The van der Waals surface area contributed by atoms with Gasteiger partial charge in [0.2, 0.25) is 5.89 Å². The molecule has 0 N–H and O–H groups in total. The number of rotatable bonds is 1. The summed E-state index contributed by atoms with van der Waals surface area (Å²) in [6, 6.07) is 9.70. The van der Waals surface area contributed by atoms with Crippen LogP contribution in [-0.2, 0) is 0 Å². The average molecular weight is 281 g/mol. The van der Waals surface area contributed by atoms with Gasteiger partial charge in [-0.15, -0.1) is 0 Å². The van der Waals surface area contributed by atoms with Crippen molar-refractivity contribution in [2.45, 2.75) is 19.3 Å². The van der Waals surface area contributed by atoms with Crippen molar-refractivity contribution in [2.24, 2.45) is 0 Å². The van der Waals surface area contributed by atoms with Crippen LogP contribution in [0.5, 0.6) is 0 Å². The molecule has 0 amide bonds. The molecule has 0 bridgehead atoms. The molecule has 1 aliphatic rings. The number of aromatic nitrogens is 1. The van der Waals surface area contributed by atoms with Crippen molar-refractivity contribution >= 4 is 16.9 Å². The normalized spacial score (nSPS) is 17.4. The van der Waals surface area contributed by atoms with E-state index < -0.39 is 0 Å². The third kappa shape index (κ3) is 1.87. The third-order valence-corrected chi connectivity index (χ3v) is 3.97. The first kappa shape index (κ1) is 12.3. The summed E-state index contributed by atoms with van der Waals surface area (Å²) in [5, 5.41) is 0. The summed E-state index contributed by atoms with van der Waals surface area (Å²) in [7, 11) is 0. The lowest BCUT2D eigenvalue weighted by molar-refractivity contribution is 0.0990. The summed E-state index contributed by atoms with van der Waals surface area (Å²) >= 11 is 0. The highest BCUT2D eigenvalue weighted by molar-refractivity contribution is 6.04. The lowest BCUT2D eigenvalue weighted by atomic mass is 10.0. The number of hydrogen-bond acceptors (Lipinski definition) is 3. The molecule has 1 unspecified atom stereocenters. The van der Waals surface area contributed by atoms with Crippen LogP contribution in [0.1, 0.15) is 35.2 Å². The van der Waals surface area contributed by atoms with Crippen LogP contribution in [-0.4, -0.2) is 10.8 Å². The molecule has 0 radical (unpaired) electrons. The Morgan fingerprint density at radius 1 is 1.24 bits per heavy atom. The number of ketones is 1. The molecule has 1 aromatic heterocycles. The van der Waals surface area contributed by atoms with Gasteiger partial charge in [0.05, 0.1) is 0 Å². The third-order valence-electron chi connectivity index (χ3n) is 3.97. The van der Waals surface area contributed by atoms with E-state index in [-0.39, 0.29) is 17.5 Å². The Morgan fingerprint density at radius 3 is 2.76 bits per heavy atom. The molecule has 0 spiro atoms. The van der Waals surface area contributed by atoms with E-state index in [0.29, 0.717) is 29.0 Å². The first-order valence-electron chi connectivity index (χ1n) is 6.85. The molecular weight excluding hydrogens is 269 g/mol. The molecule has 1 heterocycles. The molecule has 1 aliphatic carbocycles. The van der Waals surface area contributed by atoms with Crippen molar-refractivity contribution in [1.29, 1.82) is 0 Å². The first-order chi connectivity index (χ1) is 10.1. The van der Waals surface area contributed by atoms with Crippen LogP contribution in [0, 0.1) is 5.82 Å². The highest BCUT2D eigenvalue weighted by Gasteiger charge is 2.27. The molecule has 4 rings (SSSR count). The summed E-state index contributed by atoms with van der Waals surface area (Å²) < 4.78 is 18.7. The summed E-state index contributed by atoms with van der Waals surface area (Å²) in [4.78, 5) is 16.3. The monoisotopic (exact) mass is 281 g/mol. The molecular formula is C17H12FNO2. The molecule has 3 aromatic rings. The smallest absolute Gasteiger partial charge is 0.227 e. The van der Waals surface area contributed by atoms with E-state index in [1.165, 1.54) is 12.1 Å². The van der Waals surface area contributed by atoms with E-state index >= 15 is 0 Å². The number of Topliss-reactive ketones (excluding diaryl/α,β-unsaturated/α-hetero) is 1. The van der Waals surface area contributed by atoms with Crippen LogP contribution in [0.25, 0.3) is 22.6 Å². The van der Waals surface area contributed by atoms with Crippen LogP contribution >= 0.6 is 0 Å². The minimum atomic E-state index is -0.298. The van der Waals surface area contributed by atoms with Gasteiger partial charge in [0, 0.05) is 17.5 Å². The van der Waals surface area contributed by atoms with Gasteiger partial charge in [-0.2, -0.15) is 0 Å². The van der Waals surface area contributed by atoms with Gasteiger partial charge in [-0.25, -0.2) is 9.37 Å². The predicted octanol–water partition coefficient (Wildman–Crippen LogP) is 4.32. The van der Waals surface area contributed by atoms with Crippen molar-refractivity contribution in [3.8, 4) is 11.5 Å². The first-order valence-corrected chi connectivity index (χ1v) is 6.85. The second kappa shape index (κ2) is 4.25. The number of halogens is 1. The van der Waals surface area contributed by atoms with Crippen LogP contribution < -0.4 is 0 Å². The Hall–Kier alpha value is -2.49. The molecule has 104 valence electrons. The molecule has 2 aromatic carbocycles. The number of benzene rings is 2. The molecule has 21 heavy (non-hydrogen) atoms. The van der Waals surface area contributed by atoms with Gasteiger partial charge < -0.3 is 4.42 Å². The van der Waals surface area contributed by atoms with E-state index in [1.54, 1.807) is 18.2 Å². The lowest BCUT2D eigenvalue weighted by Gasteiger charge is -2.01. The van der Waals surface area contributed by atoms with E-state index in [0.717, 1.165) is 11.1 Å². The Balaban J connectivity index is 1.88. The molecule has 0 saturated carbocycles.